The first kappa shape index (κ1) is 21.7. The van der Waals surface area contributed by atoms with Crippen LogP contribution in [0, 0.1) is 0 Å². The number of rotatable bonds is 9. The van der Waals surface area contributed by atoms with Gasteiger partial charge in [-0.05, 0) is 32.8 Å². The van der Waals surface area contributed by atoms with Gasteiger partial charge in [0, 0.05) is 6.42 Å². The van der Waals surface area contributed by atoms with Gasteiger partial charge in [0.05, 0.1) is 6.04 Å². The molecule has 0 aliphatic carbocycles. The normalized spacial score (nSPS) is 13.4. The van der Waals surface area contributed by atoms with Crippen molar-refractivity contribution in [2.24, 2.45) is 0 Å². The van der Waals surface area contributed by atoms with Crippen molar-refractivity contribution in [1.29, 1.82) is 0 Å². The summed E-state index contributed by atoms with van der Waals surface area (Å²) in [7, 11) is 0. The Morgan fingerprint density at radius 1 is 1.15 bits per heavy atom. The predicted octanol–water partition coefficient (Wildman–Crippen LogP) is 2.91. The van der Waals surface area contributed by atoms with Gasteiger partial charge in [-0.1, -0.05) is 50.1 Å². The van der Waals surface area contributed by atoms with Gasteiger partial charge >= 0.3 is 6.09 Å². The Labute approximate surface area is 155 Å². The van der Waals surface area contributed by atoms with Gasteiger partial charge in [0.15, 0.2) is 0 Å². The Hall–Kier alpha value is -2.37. The number of hydrogen-bond donors (Lipinski definition) is 2. The number of alkyl carbamates (subject to hydrolysis) is 1. The van der Waals surface area contributed by atoms with Crippen LogP contribution in [0.15, 0.2) is 30.3 Å². The van der Waals surface area contributed by atoms with Crippen molar-refractivity contribution in [3.05, 3.63) is 35.9 Å². The molecule has 143 valence electrons. The summed E-state index contributed by atoms with van der Waals surface area (Å²) < 4.78 is 5.24. The third kappa shape index (κ3) is 8.65. The van der Waals surface area contributed by atoms with Crippen LogP contribution in [-0.4, -0.2) is 36.0 Å². The minimum atomic E-state index is -0.843. The van der Waals surface area contributed by atoms with E-state index in [1.54, 1.807) is 20.8 Å². The Kier molecular flexibility index (Phi) is 8.82. The average molecular weight is 361 g/mol. The van der Waals surface area contributed by atoms with E-state index >= 15 is 0 Å². The molecule has 0 saturated carbocycles. The largest absolute Gasteiger partial charge is 0.444 e. The number of benzene rings is 1. The molecular formula is C20H29N2O4. The minimum absolute atomic E-state index is 0.297. The van der Waals surface area contributed by atoms with Crippen molar-refractivity contribution in [3.63, 3.8) is 0 Å². The molecule has 0 fully saturated rings. The number of amides is 2. The highest BCUT2D eigenvalue weighted by atomic mass is 16.6. The summed E-state index contributed by atoms with van der Waals surface area (Å²) >= 11 is 0. The zero-order chi connectivity index (χ0) is 19.6. The fraction of sp³-hybridized carbons (Fsp3) is 0.550. The number of unbranched alkanes of at least 4 members (excludes halogenated alkanes) is 1. The molecule has 1 radical (unpaired) electrons. The summed E-state index contributed by atoms with van der Waals surface area (Å²) in [6, 6.07) is 7.82. The Morgan fingerprint density at radius 3 is 2.35 bits per heavy atom. The highest BCUT2D eigenvalue weighted by Gasteiger charge is 2.26. The summed E-state index contributed by atoms with van der Waals surface area (Å²) in [6.45, 7) is 7.26. The van der Waals surface area contributed by atoms with Crippen molar-refractivity contribution < 1.29 is 19.1 Å². The Morgan fingerprint density at radius 2 is 1.81 bits per heavy atom. The number of carbonyl (C=O) groups is 2. The van der Waals surface area contributed by atoms with Gasteiger partial charge in [-0.3, -0.25) is 9.59 Å². The molecule has 0 heterocycles. The van der Waals surface area contributed by atoms with E-state index in [2.05, 4.69) is 10.6 Å². The van der Waals surface area contributed by atoms with Crippen LogP contribution >= 0.6 is 0 Å². The number of carbonyl (C=O) groups excluding carboxylic acids is 3. The van der Waals surface area contributed by atoms with Gasteiger partial charge < -0.3 is 15.4 Å². The van der Waals surface area contributed by atoms with Gasteiger partial charge in [0.25, 0.3) is 0 Å². The molecule has 1 aromatic rings. The third-order valence-electron chi connectivity index (χ3n) is 3.60. The first-order valence-electron chi connectivity index (χ1n) is 8.96. The van der Waals surface area contributed by atoms with Gasteiger partial charge in [0.2, 0.25) is 12.2 Å². The Balaban J connectivity index is 2.82. The van der Waals surface area contributed by atoms with E-state index in [0.717, 1.165) is 18.4 Å². The first-order valence-corrected chi connectivity index (χ1v) is 8.96. The molecule has 6 nitrogen and oxygen atoms in total. The van der Waals surface area contributed by atoms with E-state index in [9.17, 15) is 14.4 Å². The van der Waals surface area contributed by atoms with Crippen LogP contribution in [0.5, 0.6) is 0 Å². The molecule has 2 N–H and O–H groups in total. The van der Waals surface area contributed by atoms with Crippen LogP contribution in [0.3, 0.4) is 0 Å². The lowest BCUT2D eigenvalue weighted by Crippen LogP contribution is -2.52. The lowest BCUT2D eigenvalue weighted by atomic mass is 10.0. The molecule has 0 spiro atoms. The second-order valence-electron chi connectivity index (χ2n) is 7.21. The van der Waals surface area contributed by atoms with Gasteiger partial charge in [-0.25, -0.2) is 4.79 Å². The second kappa shape index (κ2) is 10.6. The van der Waals surface area contributed by atoms with Crippen molar-refractivity contribution >= 4 is 18.3 Å². The topological polar surface area (TPSA) is 84.5 Å². The molecule has 1 aromatic carbocycles. The highest BCUT2D eigenvalue weighted by Crippen LogP contribution is 2.09. The zero-order valence-corrected chi connectivity index (χ0v) is 16.0. The molecule has 1 rings (SSSR count). The summed E-state index contributed by atoms with van der Waals surface area (Å²) in [4.78, 5) is 35.8. The van der Waals surface area contributed by atoms with Gasteiger partial charge in [0.1, 0.15) is 11.6 Å². The summed E-state index contributed by atoms with van der Waals surface area (Å²) in [5, 5.41) is 5.26. The van der Waals surface area contributed by atoms with Crippen LogP contribution in [0.4, 0.5) is 4.79 Å². The summed E-state index contributed by atoms with van der Waals surface area (Å²) in [5.41, 5.74) is 0.224. The molecule has 0 aliphatic rings. The van der Waals surface area contributed by atoms with Crippen molar-refractivity contribution in [2.75, 3.05) is 0 Å². The molecule has 2 unspecified atom stereocenters. The molecule has 0 bridgehead atoms. The van der Waals surface area contributed by atoms with E-state index in [0.29, 0.717) is 12.8 Å². The number of nitrogens with one attached hydrogen (secondary N) is 2. The fourth-order valence-corrected chi connectivity index (χ4v) is 2.35. The van der Waals surface area contributed by atoms with E-state index < -0.39 is 29.7 Å². The summed E-state index contributed by atoms with van der Waals surface area (Å²) in [6.07, 6.45) is 3.72. The van der Waals surface area contributed by atoms with Gasteiger partial charge in [-0.15, -0.1) is 0 Å². The molecule has 0 saturated heterocycles. The maximum atomic E-state index is 12.6. The minimum Gasteiger partial charge on any atom is -0.444 e. The van der Waals surface area contributed by atoms with Crippen LogP contribution in [0.1, 0.15) is 52.5 Å². The molecule has 0 aliphatic heterocycles. The van der Waals surface area contributed by atoms with Crippen LogP contribution in [-0.2, 0) is 20.7 Å². The zero-order valence-electron chi connectivity index (χ0n) is 16.0. The van der Waals surface area contributed by atoms with Crippen LogP contribution in [0.2, 0.25) is 0 Å². The maximum Gasteiger partial charge on any atom is 0.408 e. The maximum absolute atomic E-state index is 12.6. The third-order valence-corrected chi connectivity index (χ3v) is 3.60. The van der Waals surface area contributed by atoms with E-state index in [1.165, 1.54) is 0 Å². The average Bonchev–Trinajstić information content (AvgIpc) is 2.57. The van der Waals surface area contributed by atoms with Crippen molar-refractivity contribution in [2.45, 2.75) is 71.1 Å². The van der Waals surface area contributed by atoms with Crippen LogP contribution in [0.25, 0.3) is 0 Å². The quantitative estimate of drug-likeness (QED) is 0.708. The van der Waals surface area contributed by atoms with E-state index in [-0.39, 0.29) is 0 Å². The molecular weight excluding hydrogens is 332 g/mol. The fourth-order valence-electron chi connectivity index (χ4n) is 2.35. The second-order valence-corrected chi connectivity index (χ2v) is 7.21. The van der Waals surface area contributed by atoms with Crippen molar-refractivity contribution in [3.8, 4) is 0 Å². The first-order chi connectivity index (χ1) is 12.2. The van der Waals surface area contributed by atoms with Crippen molar-refractivity contribution in [1.82, 2.24) is 10.6 Å². The molecule has 2 amide bonds. The lowest BCUT2D eigenvalue weighted by molar-refractivity contribution is -0.123. The molecule has 26 heavy (non-hydrogen) atoms. The van der Waals surface area contributed by atoms with Crippen LogP contribution < -0.4 is 10.6 Å². The lowest BCUT2D eigenvalue weighted by Gasteiger charge is -2.24. The smallest absolute Gasteiger partial charge is 0.408 e. The summed E-state index contributed by atoms with van der Waals surface area (Å²) in [5.74, 6) is -0.427. The number of hydrogen-bond acceptors (Lipinski definition) is 4. The Bertz CT molecular complexity index is 581. The molecule has 2 atom stereocenters. The number of ether oxygens (including phenoxy) is 1. The standard InChI is InChI=1S/C20H29N2O4/c1-5-6-12-16(14-23)21-18(24)17(13-15-10-8-7-9-11-15)22-19(25)26-20(2,3)4/h7-11,16-17H,5-6,12-13H2,1-4H3,(H,21,24)(H,22,25). The molecule has 6 heteroatoms. The molecule has 0 aromatic heterocycles. The predicted molar refractivity (Wildman–Crippen MR) is 100 cm³/mol. The van der Waals surface area contributed by atoms with Gasteiger partial charge in [-0.2, -0.15) is 0 Å². The van der Waals surface area contributed by atoms with E-state index in [4.69, 9.17) is 4.74 Å². The highest BCUT2D eigenvalue weighted by molar-refractivity contribution is 5.87. The monoisotopic (exact) mass is 361 g/mol. The SMILES string of the molecule is CCCCC([C]=O)NC(=O)C(Cc1ccccc1)NC(=O)OC(C)(C)C. The van der Waals surface area contributed by atoms with E-state index in [1.807, 2.05) is 43.5 Å².